The molecule has 0 radical (unpaired) electrons. The molecule has 0 aliphatic carbocycles. The maximum atomic E-state index is 13.5. The van der Waals surface area contributed by atoms with E-state index in [-0.39, 0.29) is 11.8 Å². The fourth-order valence-corrected chi connectivity index (χ4v) is 4.64. The Hall–Kier alpha value is -3.80. The van der Waals surface area contributed by atoms with E-state index in [0.29, 0.717) is 18.8 Å². The summed E-state index contributed by atoms with van der Waals surface area (Å²) in [4.78, 5) is 20.2. The van der Waals surface area contributed by atoms with Crippen molar-refractivity contribution in [1.29, 1.82) is 0 Å². The van der Waals surface area contributed by atoms with Crippen molar-refractivity contribution in [2.24, 2.45) is 0 Å². The first-order valence-corrected chi connectivity index (χ1v) is 12.7. The van der Waals surface area contributed by atoms with Crippen LogP contribution in [0.5, 0.6) is 11.5 Å². The van der Waals surface area contributed by atoms with E-state index in [1.807, 2.05) is 88.4 Å². The highest BCUT2D eigenvalue weighted by molar-refractivity contribution is 5.78. The predicted octanol–water partition coefficient (Wildman–Crippen LogP) is 6.09. The Morgan fingerprint density at radius 2 is 1.64 bits per heavy atom. The first-order chi connectivity index (χ1) is 17.7. The molecule has 36 heavy (non-hydrogen) atoms. The van der Waals surface area contributed by atoms with E-state index in [2.05, 4.69) is 13.8 Å². The highest BCUT2D eigenvalue weighted by atomic mass is 16.5. The number of amides is 1. The molecule has 0 aliphatic heterocycles. The third-order valence-electron chi connectivity index (χ3n) is 6.36. The Kier molecular flexibility index (Phi) is 8.61. The second kappa shape index (κ2) is 12.2. The zero-order valence-electron chi connectivity index (χ0n) is 21.4. The molecule has 1 atom stereocenters. The van der Waals surface area contributed by atoms with Gasteiger partial charge in [-0.05, 0) is 36.6 Å². The van der Waals surface area contributed by atoms with Crippen molar-refractivity contribution >= 4 is 11.6 Å². The van der Waals surface area contributed by atoms with Crippen LogP contribution in [-0.4, -0.2) is 40.4 Å². The Bertz CT molecular complexity index is 1260. The Balaban J connectivity index is 1.71. The quantitative estimate of drug-likeness (QED) is 0.244. The Morgan fingerprint density at radius 3 is 2.36 bits per heavy atom. The number of fused-ring (bicyclic) bond motifs is 1. The number of benzene rings is 2. The minimum absolute atomic E-state index is 0.140. The fourth-order valence-electron chi connectivity index (χ4n) is 4.64. The fraction of sp³-hybridized carbons (Fsp3) is 0.333. The molecule has 4 rings (SSSR count). The number of hydrogen-bond acceptors (Lipinski definition) is 4. The first kappa shape index (κ1) is 25.3. The van der Waals surface area contributed by atoms with Crippen LogP contribution in [0.1, 0.15) is 55.8 Å². The number of carbonyl (C=O) groups excluding carboxylic acids is 1. The van der Waals surface area contributed by atoms with E-state index in [1.165, 1.54) is 0 Å². The molecule has 0 saturated carbocycles. The number of imidazole rings is 1. The van der Waals surface area contributed by atoms with E-state index in [4.69, 9.17) is 14.5 Å². The number of pyridine rings is 1. The number of aromatic nitrogens is 2. The normalized spacial score (nSPS) is 11.9. The van der Waals surface area contributed by atoms with Crippen LogP contribution in [-0.2, 0) is 11.4 Å². The summed E-state index contributed by atoms with van der Waals surface area (Å²) in [6.45, 7) is 6.19. The van der Waals surface area contributed by atoms with Crippen molar-refractivity contribution in [1.82, 2.24) is 14.3 Å². The average molecular weight is 486 g/mol. The third-order valence-corrected chi connectivity index (χ3v) is 6.36. The average Bonchev–Trinajstić information content (AvgIpc) is 3.35. The molecule has 0 spiro atoms. The summed E-state index contributed by atoms with van der Waals surface area (Å²) in [6, 6.07) is 21.9. The van der Waals surface area contributed by atoms with Crippen LogP contribution in [0.25, 0.3) is 5.65 Å². The van der Waals surface area contributed by atoms with Crippen LogP contribution in [0.15, 0.2) is 79.1 Å². The van der Waals surface area contributed by atoms with Gasteiger partial charge in [-0.25, -0.2) is 4.98 Å². The highest BCUT2D eigenvalue weighted by Crippen LogP contribution is 2.36. The van der Waals surface area contributed by atoms with Gasteiger partial charge in [-0.15, -0.1) is 0 Å². The lowest BCUT2D eigenvalue weighted by atomic mass is 9.91. The number of hydrogen-bond donors (Lipinski definition) is 0. The molecule has 0 saturated heterocycles. The molecule has 188 valence electrons. The van der Waals surface area contributed by atoms with Crippen molar-refractivity contribution in [2.75, 3.05) is 20.2 Å². The summed E-state index contributed by atoms with van der Waals surface area (Å²) in [5, 5.41) is 0. The lowest BCUT2D eigenvalue weighted by Crippen LogP contribution is -2.33. The van der Waals surface area contributed by atoms with Gasteiger partial charge in [-0.1, -0.05) is 62.4 Å². The van der Waals surface area contributed by atoms with Crippen molar-refractivity contribution in [3.8, 4) is 11.5 Å². The van der Waals surface area contributed by atoms with Crippen molar-refractivity contribution in [3.63, 3.8) is 0 Å². The number of ether oxygens (including phenoxy) is 2. The van der Waals surface area contributed by atoms with Crippen molar-refractivity contribution in [3.05, 3.63) is 95.9 Å². The minimum atomic E-state index is -0.218. The Labute approximate surface area is 213 Å². The van der Waals surface area contributed by atoms with E-state index in [0.717, 1.165) is 54.1 Å². The van der Waals surface area contributed by atoms with Gasteiger partial charge < -0.3 is 18.8 Å². The highest BCUT2D eigenvalue weighted by Gasteiger charge is 2.27. The van der Waals surface area contributed by atoms with Crippen LogP contribution in [0, 0.1) is 0 Å². The molecule has 2 aromatic heterocycles. The molecule has 4 aromatic rings. The lowest BCUT2D eigenvalue weighted by molar-refractivity contribution is -0.131. The summed E-state index contributed by atoms with van der Waals surface area (Å²) in [5.41, 5.74) is 3.73. The summed E-state index contributed by atoms with van der Waals surface area (Å²) in [7, 11) is 1.67. The lowest BCUT2D eigenvalue weighted by Gasteiger charge is -2.25. The van der Waals surface area contributed by atoms with Crippen LogP contribution in [0.4, 0.5) is 0 Å². The van der Waals surface area contributed by atoms with E-state index in [1.54, 1.807) is 7.11 Å². The van der Waals surface area contributed by atoms with Crippen molar-refractivity contribution < 1.29 is 14.3 Å². The molecular weight excluding hydrogens is 450 g/mol. The van der Waals surface area contributed by atoms with Crippen LogP contribution < -0.4 is 9.47 Å². The molecule has 2 aromatic carbocycles. The standard InChI is InChI=1S/C30H35N3O3/c1-4-17-32(18-5-2)29(34)20-25(24-14-9-10-15-27(24)35-3)26-21-31-30-28(16-11-19-33(26)30)36-22-23-12-7-6-8-13-23/h6-16,19,21,25H,4-5,17-18,20,22H2,1-3H3/t25-/m0/s1. The summed E-state index contributed by atoms with van der Waals surface area (Å²) in [5.74, 6) is 1.39. The largest absolute Gasteiger partial charge is 0.496 e. The van der Waals surface area contributed by atoms with Crippen LogP contribution in [0.2, 0.25) is 0 Å². The van der Waals surface area contributed by atoms with Gasteiger partial charge in [0.05, 0.1) is 12.8 Å². The van der Waals surface area contributed by atoms with E-state index in [9.17, 15) is 4.79 Å². The molecule has 0 bridgehead atoms. The zero-order valence-corrected chi connectivity index (χ0v) is 21.4. The molecule has 6 nitrogen and oxygen atoms in total. The molecule has 0 unspecified atom stereocenters. The summed E-state index contributed by atoms with van der Waals surface area (Å²) in [6.07, 6.45) is 6.05. The van der Waals surface area contributed by atoms with Gasteiger partial charge in [0.15, 0.2) is 11.4 Å². The van der Waals surface area contributed by atoms with Gasteiger partial charge in [0.2, 0.25) is 5.91 Å². The summed E-state index contributed by atoms with van der Waals surface area (Å²) < 4.78 is 13.9. The van der Waals surface area contributed by atoms with Gasteiger partial charge in [0.25, 0.3) is 0 Å². The maximum Gasteiger partial charge on any atom is 0.223 e. The van der Waals surface area contributed by atoms with Gasteiger partial charge in [-0.3, -0.25) is 4.79 Å². The zero-order chi connectivity index (χ0) is 25.3. The molecule has 0 fully saturated rings. The second-order valence-corrected chi connectivity index (χ2v) is 8.90. The molecule has 0 aliphatic rings. The third kappa shape index (κ3) is 5.70. The smallest absolute Gasteiger partial charge is 0.223 e. The topological polar surface area (TPSA) is 56.1 Å². The van der Waals surface area contributed by atoms with Crippen LogP contribution >= 0.6 is 0 Å². The number of para-hydroxylation sites is 1. The second-order valence-electron chi connectivity index (χ2n) is 8.90. The SMILES string of the molecule is CCCN(CCC)C(=O)C[C@@H](c1ccccc1OC)c1cnc2c(OCc3ccccc3)cccn12. The number of carbonyl (C=O) groups is 1. The first-order valence-electron chi connectivity index (χ1n) is 12.7. The van der Waals surface area contributed by atoms with Crippen LogP contribution in [0.3, 0.4) is 0 Å². The number of rotatable bonds is 12. The molecule has 0 N–H and O–H groups in total. The van der Waals surface area contributed by atoms with E-state index >= 15 is 0 Å². The predicted molar refractivity (Wildman–Crippen MR) is 143 cm³/mol. The van der Waals surface area contributed by atoms with Gasteiger partial charge in [0, 0.05) is 43.4 Å². The van der Waals surface area contributed by atoms with E-state index < -0.39 is 0 Å². The van der Waals surface area contributed by atoms with Gasteiger partial charge in [-0.2, -0.15) is 0 Å². The molecule has 2 heterocycles. The molecule has 6 heteroatoms. The number of methoxy groups -OCH3 is 1. The summed E-state index contributed by atoms with van der Waals surface area (Å²) >= 11 is 0. The van der Waals surface area contributed by atoms with Crippen molar-refractivity contribution in [2.45, 2.75) is 45.6 Å². The molecule has 1 amide bonds. The minimum Gasteiger partial charge on any atom is -0.496 e. The molecular formula is C30H35N3O3. The maximum absolute atomic E-state index is 13.5. The number of nitrogens with zero attached hydrogens (tertiary/aromatic N) is 3. The Morgan fingerprint density at radius 1 is 0.944 bits per heavy atom. The van der Waals surface area contributed by atoms with Gasteiger partial charge in [0.1, 0.15) is 12.4 Å². The monoisotopic (exact) mass is 485 g/mol. The van der Waals surface area contributed by atoms with Gasteiger partial charge >= 0.3 is 0 Å².